The van der Waals surface area contributed by atoms with E-state index in [1.165, 1.54) is 33.4 Å². The molecule has 0 aliphatic heterocycles. The van der Waals surface area contributed by atoms with E-state index in [2.05, 4.69) is 54.3 Å². The standard InChI is InChI=1S/C18H14/c1-2-7-13(6-1)15-10-5-11-17-16-9-4-3-8-14(16)12-18(15)17/h1,3-5,8-11H,2,7,12H2. The van der Waals surface area contributed by atoms with Crippen LogP contribution in [0.2, 0.25) is 0 Å². The Balaban J connectivity index is 1.94. The van der Waals surface area contributed by atoms with Crippen LogP contribution in [0.15, 0.2) is 54.3 Å². The zero-order valence-electron chi connectivity index (χ0n) is 10.2. The molecule has 0 saturated carbocycles. The first-order valence-electron chi connectivity index (χ1n) is 6.58. The second kappa shape index (κ2) is 3.73. The molecule has 0 nitrogen and oxygen atoms in total. The van der Waals surface area contributed by atoms with Gasteiger partial charge in [-0.1, -0.05) is 42.5 Å². The van der Waals surface area contributed by atoms with Gasteiger partial charge in [0.1, 0.15) is 0 Å². The molecule has 0 heterocycles. The summed E-state index contributed by atoms with van der Waals surface area (Å²) in [6.45, 7) is 0. The normalized spacial score (nSPS) is 15.4. The number of benzene rings is 2. The van der Waals surface area contributed by atoms with Crippen LogP contribution in [0.5, 0.6) is 0 Å². The monoisotopic (exact) mass is 230 g/mol. The van der Waals surface area contributed by atoms with Gasteiger partial charge in [0.05, 0.1) is 0 Å². The molecule has 0 bridgehead atoms. The van der Waals surface area contributed by atoms with E-state index < -0.39 is 0 Å². The number of rotatable bonds is 1. The first-order valence-corrected chi connectivity index (χ1v) is 6.58. The minimum absolute atomic E-state index is 1.08. The highest BCUT2D eigenvalue weighted by molar-refractivity contribution is 5.83. The molecule has 0 atom stereocenters. The van der Waals surface area contributed by atoms with Crippen molar-refractivity contribution in [2.75, 3.05) is 0 Å². The molecule has 2 aromatic carbocycles. The van der Waals surface area contributed by atoms with Crippen LogP contribution in [-0.2, 0) is 6.42 Å². The fourth-order valence-electron chi connectivity index (χ4n) is 3.14. The summed E-state index contributed by atoms with van der Waals surface area (Å²) in [6.07, 6.45) is 5.53. The van der Waals surface area contributed by atoms with Crippen molar-refractivity contribution in [1.82, 2.24) is 0 Å². The predicted octanol–water partition coefficient (Wildman–Crippen LogP) is 4.59. The lowest BCUT2D eigenvalue weighted by atomic mass is 9.95. The van der Waals surface area contributed by atoms with Crippen molar-refractivity contribution in [3.63, 3.8) is 0 Å². The van der Waals surface area contributed by atoms with Gasteiger partial charge in [-0.3, -0.25) is 0 Å². The van der Waals surface area contributed by atoms with Crippen molar-refractivity contribution in [3.05, 3.63) is 71.0 Å². The minimum Gasteiger partial charge on any atom is -0.121 e. The molecular formula is C18H14. The first kappa shape index (κ1) is 9.94. The van der Waals surface area contributed by atoms with E-state index in [0.717, 1.165) is 19.3 Å². The molecule has 0 spiro atoms. The van der Waals surface area contributed by atoms with Crippen LogP contribution in [0.3, 0.4) is 0 Å². The summed E-state index contributed by atoms with van der Waals surface area (Å²) in [5.74, 6) is 0. The number of fused-ring (bicyclic) bond motifs is 3. The predicted molar refractivity (Wildman–Crippen MR) is 75.4 cm³/mol. The minimum atomic E-state index is 1.08. The third-order valence-electron chi connectivity index (χ3n) is 3.99. The molecule has 0 fully saturated rings. The van der Waals surface area contributed by atoms with Crippen LogP contribution in [0, 0.1) is 0 Å². The van der Waals surface area contributed by atoms with Gasteiger partial charge in [0.2, 0.25) is 0 Å². The van der Waals surface area contributed by atoms with Gasteiger partial charge in [0, 0.05) is 5.57 Å². The lowest BCUT2D eigenvalue weighted by Crippen LogP contribution is -1.90. The van der Waals surface area contributed by atoms with Crippen molar-refractivity contribution in [2.24, 2.45) is 0 Å². The van der Waals surface area contributed by atoms with Gasteiger partial charge in [0.25, 0.3) is 0 Å². The van der Waals surface area contributed by atoms with Gasteiger partial charge in [-0.2, -0.15) is 0 Å². The van der Waals surface area contributed by atoms with Crippen LogP contribution in [0.1, 0.15) is 29.5 Å². The van der Waals surface area contributed by atoms with Crippen molar-refractivity contribution < 1.29 is 0 Å². The van der Waals surface area contributed by atoms with Crippen molar-refractivity contribution in [2.45, 2.75) is 19.3 Å². The smallest absolute Gasteiger partial charge is 0.00151 e. The van der Waals surface area contributed by atoms with Gasteiger partial charge >= 0.3 is 0 Å². The molecule has 86 valence electrons. The molecule has 0 saturated heterocycles. The van der Waals surface area contributed by atoms with Gasteiger partial charge in [-0.05, 0) is 53.2 Å². The van der Waals surface area contributed by atoms with Crippen LogP contribution < -0.4 is 0 Å². The van der Waals surface area contributed by atoms with E-state index in [0.29, 0.717) is 0 Å². The maximum atomic E-state index is 3.42. The number of hydrogen-bond acceptors (Lipinski definition) is 0. The fourth-order valence-corrected chi connectivity index (χ4v) is 3.14. The largest absolute Gasteiger partial charge is 0.121 e. The van der Waals surface area contributed by atoms with Crippen molar-refractivity contribution in [3.8, 4) is 11.1 Å². The Kier molecular flexibility index (Phi) is 2.06. The van der Waals surface area contributed by atoms with E-state index in [4.69, 9.17) is 0 Å². The zero-order valence-corrected chi connectivity index (χ0v) is 10.2. The van der Waals surface area contributed by atoms with Crippen molar-refractivity contribution in [1.29, 1.82) is 0 Å². The van der Waals surface area contributed by atoms with Crippen molar-refractivity contribution >= 4 is 5.57 Å². The molecule has 0 aromatic heterocycles. The molecule has 18 heavy (non-hydrogen) atoms. The summed E-state index contributed by atoms with van der Waals surface area (Å²) in [4.78, 5) is 0. The van der Waals surface area contributed by atoms with Crippen LogP contribution in [-0.4, -0.2) is 0 Å². The average Bonchev–Trinajstić information content (AvgIpc) is 3.05. The first-order chi connectivity index (χ1) is 8.93. The maximum absolute atomic E-state index is 3.42. The Morgan fingerprint density at radius 3 is 2.56 bits per heavy atom. The Labute approximate surface area is 107 Å². The molecule has 4 rings (SSSR count). The topological polar surface area (TPSA) is 0 Å². The van der Waals surface area contributed by atoms with Crippen LogP contribution in [0.25, 0.3) is 16.7 Å². The summed E-state index contributed by atoms with van der Waals surface area (Å²) in [5.41, 5.74) is 12.0. The third-order valence-corrected chi connectivity index (χ3v) is 3.99. The summed E-state index contributed by atoms with van der Waals surface area (Å²) < 4.78 is 0. The Morgan fingerprint density at radius 2 is 1.67 bits per heavy atom. The lowest BCUT2D eigenvalue weighted by molar-refractivity contribution is 1.10. The lowest BCUT2D eigenvalue weighted by Gasteiger charge is -2.08. The number of allylic oxidation sites excluding steroid dienone is 1. The molecule has 0 amide bonds. The molecular weight excluding hydrogens is 216 g/mol. The summed E-state index contributed by atoms with van der Waals surface area (Å²) >= 11 is 0. The number of hydrogen-bond donors (Lipinski definition) is 0. The van der Waals surface area contributed by atoms with E-state index in [-0.39, 0.29) is 0 Å². The van der Waals surface area contributed by atoms with E-state index in [9.17, 15) is 0 Å². The second-order valence-corrected chi connectivity index (χ2v) is 5.03. The molecule has 2 aliphatic rings. The zero-order chi connectivity index (χ0) is 11.9. The van der Waals surface area contributed by atoms with Gasteiger partial charge < -0.3 is 0 Å². The van der Waals surface area contributed by atoms with Gasteiger partial charge in [-0.25, -0.2) is 0 Å². The highest BCUT2D eigenvalue weighted by Gasteiger charge is 2.21. The van der Waals surface area contributed by atoms with Crippen LogP contribution in [0.4, 0.5) is 0 Å². The Morgan fingerprint density at radius 1 is 0.833 bits per heavy atom. The van der Waals surface area contributed by atoms with Crippen LogP contribution >= 0.6 is 0 Å². The second-order valence-electron chi connectivity index (χ2n) is 5.03. The quantitative estimate of drug-likeness (QED) is 0.536. The molecule has 2 aromatic rings. The fraction of sp³-hybridized carbons (Fsp3) is 0.167. The summed E-state index contributed by atoms with van der Waals surface area (Å²) in [7, 11) is 0. The molecule has 0 N–H and O–H groups in total. The van der Waals surface area contributed by atoms with E-state index in [1.54, 1.807) is 0 Å². The molecule has 0 unspecified atom stereocenters. The van der Waals surface area contributed by atoms with Gasteiger partial charge in [-0.15, -0.1) is 5.73 Å². The maximum Gasteiger partial charge on any atom is 0.00151 e. The highest BCUT2D eigenvalue weighted by atomic mass is 14.2. The SMILES string of the molecule is C1=CCCC=1c1cccc2c1Cc1ccccc1-2. The Hall–Kier alpha value is -2.04. The Bertz CT molecular complexity index is 698. The average molecular weight is 230 g/mol. The third kappa shape index (κ3) is 1.33. The summed E-state index contributed by atoms with van der Waals surface area (Å²) in [6, 6.07) is 15.5. The van der Waals surface area contributed by atoms with Gasteiger partial charge in [0.15, 0.2) is 0 Å². The van der Waals surface area contributed by atoms with E-state index in [1.807, 2.05) is 0 Å². The van der Waals surface area contributed by atoms with E-state index >= 15 is 0 Å². The highest BCUT2D eigenvalue weighted by Crippen LogP contribution is 2.40. The molecule has 0 heteroatoms. The molecule has 2 aliphatic carbocycles. The molecule has 0 radical (unpaired) electrons. The summed E-state index contributed by atoms with van der Waals surface area (Å²) in [5, 5.41) is 0.